The van der Waals surface area contributed by atoms with Crippen molar-refractivity contribution in [2.45, 2.75) is 39.7 Å². The highest BCUT2D eigenvalue weighted by Gasteiger charge is 2.07. The zero-order chi connectivity index (χ0) is 8.97. The highest BCUT2D eigenvalue weighted by molar-refractivity contribution is 6.29. The summed E-state index contributed by atoms with van der Waals surface area (Å²) in [5.41, 5.74) is 1.05. The predicted molar refractivity (Wildman–Crippen MR) is 49.3 cm³/mol. The van der Waals surface area contributed by atoms with Gasteiger partial charge in [-0.1, -0.05) is 37.1 Å². The molecule has 68 valence electrons. The van der Waals surface area contributed by atoms with Gasteiger partial charge in [0, 0.05) is 6.54 Å². The van der Waals surface area contributed by atoms with Gasteiger partial charge in [-0.25, -0.2) is 4.68 Å². The van der Waals surface area contributed by atoms with Gasteiger partial charge < -0.3 is 0 Å². The van der Waals surface area contributed by atoms with Crippen molar-refractivity contribution in [2.24, 2.45) is 0 Å². The van der Waals surface area contributed by atoms with E-state index >= 15 is 0 Å². The molecule has 0 fully saturated rings. The molecule has 0 unspecified atom stereocenters. The van der Waals surface area contributed by atoms with E-state index in [-0.39, 0.29) is 0 Å². The highest BCUT2D eigenvalue weighted by atomic mass is 35.5. The molecule has 0 spiro atoms. The second kappa shape index (κ2) is 4.45. The minimum absolute atomic E-state index is 0.550. The van der Waals surface area contributed by atoms with E-state index in [1.807, 2.05) is 4.68 Å². The first-order valence-corrected chi connectivity index (χ1v) is 4.75. The molecular weight excluding hydrogens is 174 g/mol. The molecule has 0 saturated carbocycles. The van der Waals surface area contributed by atoms with Gasteiger partial charge >= 0.3 is 0 Å². The third-order valence-corrected chi connectivity index (χ3v) is 2.14. The Morgan fingerprint density at radius 1 is 1.42 bits per heavy atom. The number of nitrogens with zero attached hydrogens (tertiary/aromatic N) is 3. The molecule has 4 heteroatoms. The second-order valence-corrected chi connectivity index (χ2v) is 3.12. The topological polar surface area (TPSA) is 30.7 Å². The number of rotatable bonds is 4. The van der Waals surface area contributed by atoms with Gasteiger partial charge in [0.1, 0.15) is 0 Å². The fraction of sp³-hybridized carbons (Fsp3) is 0.750. The summed E-state index contributed by atoms with van der Waals surface area (Å²) in [7, 11) is 0. The molecule has 12 heavy (non-hydrogen) atoms. The van der Waals surface area contributed by atoms with Crippen LogP contribution in [-0.4, -0.2) is 15.0 Å². The Bertz CT molecular complexity index is 244. The first-order chi connectivity index (χ1) is 5.79. The van der Waals surface area contributed by atoms with Crippen molar-refractivity contribution in [3.63, 3.8) is 0 Å². The van der Waals surface area contributed by atoms with Gasteiger partial charge in [0.05, 0.1) is 5.69 Å². The normalized spacial score (nSPS) is 10.6. The van der Waals surface area contributed by atoms with Crippen molar-refractivity contribution in [3.8, 4) is 0 Å². The standard InChI is InChI=1S/C8H14ClN3/c1-3-5-6-12-7(4-2)8(9)10-11-12/h3-6H2,1-2H3. The van der Waals surface area contributed by atoms with E-state index in [9.17, 15) is 0 Å². The minimum Gasteiger partial charge on any atom is -0.248 e. The van der Waals surface area contributed by atoms with Crippen molar-refractivity contribution in [1.82, 2.24) is 15.0 Å². The van der Waals surface area contributed by atoms with E-state index < -0.39 is 0 Å². The molecule has 0 aliphatic rings. The molecule has 3 nitrogen and oxygen atoms in total. The van der Waals surface area contributed by atoms with E-state index in [1.165, 1.54) is 6.42 Å². The van der Waals surface area contributed by atoms with Crippen molar-refractivity contribution < 1.29 is 0 Å². The summed E-state index contributed by atoms with van der Waals surface area (Å²) >= 11 is 5.83. The van der Waals surface area contributed by atoms with Gasteiger partial charge in [-0.05, 0) is 12.8 Å². The van der Waals surface area contributed by atoms with Crippen molar-refractivity contribution in [2.75, 3.05) is 0 Å². The molecule has 0 bridgehead atoms. The lowest BCUT2D eigenvalue weighted by Crippen LogP contribution is -2.04. The Morgan fingerprint density at radius 3 is 2.75 bits per heavy atom. The van der Waals surface area contributed by atoms with Crippen LogP contribution in [0.2, 0.25) is 5.15 Å². The monoisotopic (exact) mass is 187 g/mol. The predicted octanol–water partition coefficient (Wildman–Crippen LogP) is 2.29. The van der Waals surface area contributed by atoms with E-state index in [0.29, 0.717) is 5.15 Å². The number of aryl methyl sites for hydroxylation is 1. The lowest BCUT2D eigenvalue weighted by atomic mass is 10.3. The van der Waals surface area contributed by atoms with Crippen molar-refractivity contribution in [1.29, 1.82) is 0 Å². The van der Waals surface area contributed by atoms with Crippen LogP contribution in [-0.2, 0) is 13.0 Å². The molecule has 0 aliphatic heterocycles. The summed E-state index contributed by atoms with van der Waals surface area (Å²) in [6, 6.07) is 0. The average Bonchev–Trinajstić information content (AvgIpc) is 2.43. The van der Waals surface area contributed by atoms with Crippen LogP contribution >= 0.6 is 11.6 Å². The van der Waals surface area contributed by atoms with Crippen LogP contribution in [0.25, 0.3) is 0 Å². The summed E-state index contributed by atoms with van der Waals surface area (Å²) < 4.78 is 1.89. The van der Waals surface area contributed by atoms with Gasteiger partial charge in [0.15, 0.2) is 5.15 Å². The molecule has 0 saturated heterocycles. The molecule has 0 N–H and O–H groups in total. The van der Waals surface area contributed by atoms with Gasteiger partial charge in [0.2, 0.25) is 0 Å². The maximum Gasteiger partial charge on any atom is 0.174 e. The summed E-state index contributed by atoms with van der Waals surface area (Å²) in [6.45, 7) is 5.15. The van der Waals surface area contributed by atoms with E-state index in [4.69, 9.17) is 11.6 Å². The zero-order valence-electron chi connectivity index (χ0n) is 7.55. The first kappa shape index (κ1) is 9.52. The van der Waals surface area contributed by atoms with Crippen LogP contribution in [0.5, 0.6) is 0 Å². The van der Waals surface area contributed by atoms with Gasteiger partial charge in [0.25, 0.3) is 0 Å². The first-order valence-electron chi connectivity index (χ1n) is 4.37. The Labute approximate surface area is 77.7 Å². The molecule has 1 rings (SSSR count). The maximum atomic E-state index is 5.83. The largest absolute Gasteiger partial charge is 0.248 e. The third-order valence-electron chi connectivity index (χ3n) is 1.85. The van der Waals surface area contributed by atoms with E-state index in [0.717, 1.165) is 25.1 Å². The number of hydrogen-bond acceptors (Lipinski definition) is 2. The van der Waals surface area contributed by atoms with Crippen LogP contribution in [0, 0.1) is 0 Å². The minimum atomic E-state index is 0.550. The van der Waals surface area contributed by atoms with Crippen molar-refractivity contribution in [3.05, 3.63) is 10.8 Å². The smallest absolute Gasteiger partial charge is 0.174 e. The molecule has 1 heterocycles. The highest BCUT2D eigenvalue weighted by Crippen LogP contribution is 2.12. The number of hydrogen-bond donors (Lipinski definition) is 0. The van der Waals surface area contributed by atoms with Crippen LogP contribution in [0.4, 0.5) is 0 Å². The molecule has 0 aliphatic carbocycles. The van der Waals surface area contributed by atoms with Gasteiger partial charge in [-0.2, -0.15) is 0 Å². The fourth-order valence-corrected chi connectivity index (χ4v) is 1.39. The molecular formula is C8H14ClN3. The lowest BCUT2D eigenvalue weighted by molar-refractivity contribution is 0.535. The van der Waals surface area contributed by atoms with E-state index in [2.05, 4.69) is 24.2 Å². The van der Waals surface area contributed by atoms with Crippen LogP contribution < -0.4 is 0 Å². The van der Waals surface area contributed by atoms with Crippen LogP contribution in [0.3, 0.4) is 0 Å². The third kappa shape index (κ3) is 1.97. The summed E-state index contributed by atoms with van der Waals surface area (Å²) in [5.74, 6) is 0. The van der Waals surface area contributed by atoms with Gasteiger partial charge in [-0.3, -0.25) is 0 Å². The molecule has 0 atom stereocenters. The molecule has 1 aromatic heterocycles. The Balaban J connectivity index is 2.70. The second-order valence-electron chi connectivity index (χ2n) is 2.76. The molecule has 0 aromatic carbocycles. The molecule has 0 radical (unpaired) electrons. The SMILES string of the molecule is CCCCn1nnc(Cl)c1CC. The number of aromatic nitrogens is 3. The Kier molecular flexibility index (Phi) is 3.53. The zero-order valence-corrected chi connectivity index (χ0v) is 8.30. The van der Waals surface area contributed by atoms with E-state index in [1.54, 1.807) is 0 Å². The quantitative estimate of drug-likeness (QED) is 0.724. The summed E-state index contributed by atoms with van der Waals surface area (Å²) in [6.07, 6.45) is 3.20. The lowest BCUT2D eigenvalue weighted by Gasteiger charge is -2.02. The average molecular weight is 188 g/mol. The molecule has 1 aromatic rings. The Hall–Kier alpha value is -0.570. The summed E-state index contributed by atoms with van der Waals surface area (Å²) in [5, 5.41) is 8.33. The van der Waals surface area contributed by atoms with Crippen LogP contribution in [0.1, 0.15) is 32.4 Å². The van der Waals surface area contributed by atoms with Crippen LogP contribution in [0.15, 0.2) is 0 Å². The summed E-state index contributed by atoms with van der Waals surface area (Å²) in [4.78, 5) is 0. The van der Waals surface area contributed by atoms with Gasteiger partial charge in [-0.15, -0.1) is 5.10 Å². The Morgan fingerprint density at radius 2 is 2.17 bits per heavy atom. The fourth-order valence-electron chi connectivity index (χ4n) is 1.13. The maximum absolute atomic E-state index is 5.83. The molecule has 0 amide bonds. The van der Waals surface area contributed by atoms with Crippen molar-refractivity contribution >= 4 is 11.6 Å². The number of unbranched alkanes of at least 4 members (excludes halogenated alkanes) is 1. The number of halogens is 1.